The first kappa shape index (κ1) is 15.4. The number of hydrogen-bond acceptors (Lipinski definition) is 3. The van der Waals surface area contributed by atoms with Crippen molar-refractivity contribution in [3.63, 3.8) is 0 Å². The van der Waals surface area contributed by atoms with E-state index in [0.29, 0.717) is 6.42 Å². The molecule has 4 heteroatoms. The van der Waals surface area contributed by atoms with Crippen LogP contribution in [0.5, 0.6) is 0 Å². The SMILES string of the molecule is CC(C)(C)CC(N)CC(=O)NCCN1CCCC1. The molecule has 1 fully saturated rings. The lowest BCUT2D eigenvalue weighted by Crippen LogP contribution is -2.37. The molecule has 0 aliphatic carbocycles. The first-order valence-corrected chi connectivity index (χ1v) is 7.11. The summed E-state index contributed by atoms with van der Waals surface area (Å²) in [6.07, 6.45) is 3.92. The van der Waals surface area contributed by atoms with E-state index in [9.17, 15) is 4.79 Å². The van der Waals surface area contributed by atoms with Crippen molar-refractivity contribution in [3.8, 4) is 0 Å². The van der Waals surface area contributed by atoms with Crippen LogP contribution in [0, 0.1) is 5.41 Å². The zero-order valence-electron chi connectivity index (χ0n) is 12.2. The Hall–Kier alpha value is -0.610. The normalized spacial score (nSPS) is 18.9. The highest BCUT2D eigenvalue weighted by Gasteiger charge is 2.18. The lowest BCUT2D eigenvalue weighted by molar-refractivity contribution is -0.121. The number of nitrogens with one attached hydrogen (secondary N) is 1. The minimum atomic E-state index is -0.0308. The molecule has 0 aromatic carbocycles. The molecule has 1 aliphatic heterocycles. The second-order valence-corrected chi connectivity index (χ2v) is 6.63. The van der Waals surface area contributed by atoms with Gasteiger partial charge in [-0.3, -0.25) is 4.79 Å². The number of nitrogens with two attached hydrogens (primary N) is 1. The van der Waals surface area contributed by atoms with E-state index in [4.69, 9.17) is 5.73 Å². The lowest BCUT2D eigenvalue weighted by Gasteiger charge is -2.23. The average molecular weight is 255 g/mol. The highest BCUT2D eigenvalue weighted by Crippen LogP contribution is 2.20. The Morgan fingerprint density at radius 2 is 1.94 bits per heavy atom. The van der Waals surface area contributed by atoms with Crippen LogP contribution in [-0.4, -0.2) is 43.0 Å². The van der Waals surface area contributed by atoms with Gasteiger partial charge in [-0.1, -0.05) is 20.8 Å². The molecular formula is C14H29N3O. The summed E-state index contributed by atoms with van der Waals surface area (Å²) in [7, 11) is 0. The topological polar surface area (TPSA) is 58.4 Å². The molecule has 3 N–H and O–H groups in total. The van der Waals surface area contributed by atoms with Gasteiger partial charge in [0.15, 0.2) is 0 Å². The Bertz CT molecular complexity index is 254. The molecule has 1 saturated heterocycles. The quantitative estimate of drug-likeness (QED) is 0.753. The minimum Gasteiger partial charge on any atom is -0.355 e. The molecule has 1 aliphatic rings. The van der Waals surface area contributed by atoms with E-state index >= 15 is 0 Å². The van der Waals surface area contributed by atoms with Crippen molar-refractivity contribution in [2.24, 2.45) is 11.1 Å². The van der Waals surface area contributed by atoms with Crippen LogP contribution < -0.4 is 11.1 Å². The fourth-order valence-corrected chi connectivity index (χ4v) is 2.53. The van der Waals surface area contributed by atoms with Crippen LogP contribution in [0.3, 0.4) is 0 Å². The summed E-state index contributed by atoms with van der Waals surface area (Å²) in [4.78, 5) is 14.1. The van der Waals surface area contributed by atoms with E-state index < -0.39 is 0 Å². The van der Waals surface area contributed by atoms with E-state index in [1.54, 1.807) is 0 Å². The van der Waals surface area contributed by atoms with Gasteiger partial charge in [-0.05, 0) is 37.8 Å². The number of hydrogen-bond donors (Lipinski definition) is 2. The largest absolute Gasteiger partial charge is 0.355 e. The third kappa shape index (κ3) is 6.97. The van der Waals surface area contributed by atoms with Gasteiger partial charge in [0, 0.05) is 25.6 Å². The third-order valence-corrected chi connectivity index (χ3v) is 3.27. The first-order chi connectivity index (χ1) is 8.37. The van der Waals surface area contributed by atoms with Gasteiger partial charge in [-0.25, -0.2) is 0 Å². The molecule has 4 nitrogen and oxygen atoms in total. The molecule has 0 saturated carbocycles. The second kappa shape index (κ2) is 7.10. The minimum absolute atomic E-state index is 0.0308. The molecule has 0 aromatic rings. The Labute approximate surface area is 111 Å². The third-order valence-electron chi connectivity index (χ3n) is 3.27. The molecule has 1 unspecified atom stereocenters. The van der Waals surface area contributed by atoms with Gasteiger partial charge < -0.3 is 16.0 Å². The summed E-state index contributed by atoms with van der Waals surface area (Å²) in [6, 6.07) is -0.0308. The maximum atomic E-state index is 11.7. The van der Waals surface area contributed by atoms with Crippen molar-refractivity contribution in [1.29, 1.82) is 0 Å². The molecule has 0 bridgehead atoms. The van der Waals surface area contributed by atoms with Gasteiger partial charge in [0.25, 0.3) is 0 Å². The van der Waals surface area contributed by atoms with Gasteiger partial charge in [-0.2, -0.15) is 0 Å². The maximum Gasteiger partial charge on any atom is 0.221 e. The number of amides is 1. The molecule has 0 aromatic heterocycles. The molecule has 0 radical (unpaired) electrons. The number of nitrogens with zero attached hydrogens (tertiary/aromatic N) is 1. The summed E-state index contributed by atoms with van der Waals surface area (Å²) in [5, 5.41) is 2.97. The van der Waals surface area contributed by atoms with E-state index in [2.05, 4.69) is 31.0 Å². The van der Waals surface area contributed by atoms with Crippen molar-refractivity contribution in [3.05, 3.63) is 0 Å². The molecule has 1 rings (SSSR count). The van der Waals surface area contributed by atoms with Crippen LogP contribution in [0.1, 0.15) is 46.5 Å². The molecular weight excluding hydrogens is 226 g/mol. The second-order valence-electron chi connectivity index (χ2n) is 6.63. The first-order valence-electron chi connectivity index (χ1n) is 7.11. The van der Waals surface area contributed by atoms with Crippen LogP contribution in [0.4, 0.5) is 0 Å². The van der Waals surface area contributed by atoms with Crippen molar-refractivity contribution < 1.29 is 4.79 Å². The number of likely N-dealkylation sites (tertiary alicyclic amines) is 1. The van der Waals surface area contributed by atoms with Gasteiger partial charge in [0.05, 0.1) is 0 Å². The van der Waals surface area contributed by atoms with Crippen molar-refractivity contribution >= 4 is 5.91 Å². The maximum absolute atomic E-state index is 11.7. The molecule has 1 heterocycles. The average Bonchev–Trinajstić information content (AvgIpc) is 2.66. The highest BCUT2D eigenvalue weighted by molar-refractivity contribution is 5.76. The zero-order valence-corrected chi connectivity index (χ0v) is 12.2. The Kier molecular flexibility index (Phi) is 6.09. The van der Waals surface area contributed by atoms with Gasteiger partial charge in [-0.15, -0.1) is 0 Å². The summed E-state index contributed by atoms with van der Waals surface area (Å²) >= 11 is 0. The van der Waals surface area contributed by atoms with Crippen LogP contribution in [0.15, 0.2) is 0 Å². The summed E-state index contributed by atoms with van der Waals surface area (Å²) < 4.78 is 0. The number of rotatable bonds is 6. The van der Waals surface area contributed by atoms with Crippen molar-refractivity contribution in [2.45, 2.75) is 52.5 Å². The Morgan fingerprint density at radius 3 is 2.50 bits per heavy atom. The van der Waals surface area contributed by atoms with Gasteiger partial charge in [0.1, 0.15) is 0 Å². The fraction of sp³-hybridized carbons (Fsp3) is 0.929. The zero-order chi connectivity index (χ0) is 13.6. The smallest absolute Gasteiger partial charge is 0.221 e. The van der Waals surface area contributed by atoms with Crippen molar-refractivity contribution in [1.82, 2.24) is 10.2 Å². The van der Waals surface area contributed by atoms with Crippen LogP contribution in [0.2, 0.25) is 0 Å². The summed E-state index contributed by atoms with van der Waals surface area (Å²) in [5.74, 6) is 0.0888. The Balaban J connectivity index is 2.09. The molecule has 106 valence electrons. The van der Waals surface area contributed by atoms with E-state index in [-0.39, 0.29) is 17.4 Å². The molecule has 1 atom stereocenters. The number of carbonyl (C=O) groups is 1. The highest BCUT2D eigenvalue weighted by atomic mass is 16.1. The lowest BCUT2D eigenvalue weighted by atomic mass is 9.87. The van der Waals surface area contributed by atoms with E-state index in [1.165, 1.54) is 25.9 Å². The molecule has 0 spiro atoms. The van der Waals surface area contributed by atoms with Crippen molar-refractivity contribution in [2.75, 3.05) is 26.2 Å². The molecule has 18 heavy (non-hydrogen) atoms. The molecule has 1 amide bonds. The van der Waals surface area contributed by atoms with Gasteiger partial charge in [0.2, 0.25) is 5.91 Å². The van der Waals surface area contributed by atoms with E-state index in [0.717, 1.165) is 19.5 Å². The van der Waals surface area contributed by atoms with E-state index in [1.807, 2.05) is 0 Å². The van der Waals surface area contributed by atoms with Crippen LogP contribution in [-0.2, 0) is 4.79 Å². The number of carbonyl (C=O) groups excluding carboxylic acids is 1. The standard InChI is InChI=1S/C14H29N3O/c1-14(2,3)11-12(15)10-13(18)16-6-9-17-7-4-5-8-17/h12H,4-11,15H2,1-3H3,(H,16,18). The predicted octanol–water partition coefficient (Wildman–Crippen LogP) is 1.35. The van der Waals surface area contributed by atoms with Crippen LogP contribution >= 0.6 is 0 Å². The summed E-state index contributed by atoms with van der Waals surface area (Å²) in [6.45, 7) is 10.5. The predicted molar refractivity (Wildman–Crippen MR) is 75.3 cm³/mol. The monoisotopic (exact) mass is 255 g/mol. The summed E-state index contributed by atoms with van der Waals surface area (Å²) in [5.41, 5.74) is 6.17. The van der Waals surface area contributed by atoms with Crippen LogP contribution in [0.25, 0.3) is 0 Å². The Morgan fingerprint density at radius 1 is 1.33 bits per heavy atom. The fourth-order valence-electron chi connectivity index (χ4n) is 2.53. The van der Waals surface area contributed by atoms with Gasteiger partial charge >= 0.3 is 0 Å².